The fourth-order valence-corrected chi connectivity index (χ4v) is 1.11. The summed E-state index contributed by atoms with van der Waals surface area (Å²) in [5, 5.41) is 11.6. The summed E-state index contributed by atoms with van der Waals surface area (Å²) in [6.07, 6.45) is 2.69. The molecule has 0 fully saturated rings. The van der Waals surface area contributed by atoms with E-state index in [-0.39, 0.29) is 5.91 Å². The molecular weight excluding hydrogens is 164 g/mol. The maximum absolute atomic E-state index is 11.5. The monoisotopic (exact) mass is 180 g/mol. The van der Waals surface area contributed by atoms with Gasteiger partial charge in [-0.3, -0.25) is 4.79 Å². The summed E-state index contributed by atoms with van der Waals surface area (Å²) in [6, 6.07) is 2.08. The van der Waals surface area contributed by atoms with Gasteiger partial charge in [-0.1, -0.05) is 19.9 Å². The third kappa shape index (κ3) is 2.59. The smallest absolute Gasteiger partial charge is 0.240 e. The Morgan fingerprint density at radius 3 is 2.46 bits per heavy atom. The van der Waals surface area contributed by atoms with Crippen molar-refractivity contribution in [2.24, 2.45) is 5.41 Å². The molecule has 0 radical (unpaired) electrons. The molecule has 13 heavy (non-hydrogen) atoms. The van der Waals surface area contributed by atoms with Crippen molar-refractivity contribution in [3.05, 3.63) is 12.7 Å². The van der Waals surface area contributed by atoms with Crippen molar-refractivity contribution in [3.8, 4) is 6.07 Å². The number of hydrogen-bond acceptors (Lipinski definition) is 2. The molecule has 0 aliphatic heterocycles. The predicted molar refractivity (Wildman–Crippen MR) is 51.8 cm³/mol. The number of nitrogens with zero attached hydrogens (tertiary/aromatic N) is 1. The van der Waals surface area contributed by atoms with Crippen LogP contribution >= 0.6 is 0 Å². The molecule has 0 aromatic rings. The SMILES string of the molecule is C=CCNC(=O)C(C#N)(CC)CC. The van der Waals surface area contributed by atoms with Crippen molar-refractivity contribution in [2.45, 2.75) is 26.7 Å². The highest BCUT2D eigenvalue weighted by Gasteiger charge is 2.34. The summed E-state index contributed by atoms with van der Waals surface area (Å²) in [5.41, 5.74) is -0.858. The summed E-state index contributed by atoms with van der Waals surface area (Å²) in [5.74, 6) is -0.195. The molecule has 3 nitrogen and oxygen atoms in total. The summed E-state index contributed by atoms with van der Waals surface area (Å²) >= 11 is 0. The number of carbonyl (C=O) groups is 1. The highest BCUT2D eigenvalue weighted by atomic mass is 16.2. The summed E-state index contributed by atoms with van der Waals surface area (Å²) < 4.78 is 0. The Labute approximate surface area is 79.4 Å². The average molecular weight is 180 g/mol. The molecule has 0 aliphatic carbocycles. The molecule has 3 heteroatoms. The first-order chi connectivity index (χ1) is 6.16. The predicted octanol–water partition coefficient (Wildman–Crippen LogP) is 1.62. The Morgan fingerprint density at radius 1 is 1.62 bits per heavy atom. The number of hydrogen-bond donors (Lipinski definition) is 1. The van der Waals surface area contributed by atoms with Crippen LogP contribution < -0.4 is 5.32 Å². The van der Waals surface area contributed by atoms with Crippen molar-refractivity contribution in [3.63, 3.8) is 0 Å². The van der Waals surface area contributed by atoms with Gasteiger partial charge in [-0.05, 0) is 12.8 Å². The summed E-state index contributed by atoms with van der Waals surface area (Å²) in [4.78, 5) is 11.5. The van der Waals surface area contributed by atoms with Crippen molar-refractivity contribution in [1.29, 1.82) is 5.26 Å². The van der Waals surface area contributed by atoms with Crippen LogP contribution in [0.5, 0.6) is 0 Å². The van der Waals surface area contributed by atoms with Crippen molar-refractivity contribution >= 4 is 5.91 Å². The van der Waals surface area contributed by atoms with Crippen LogP contribution in [0.3, 0.4) is 0 Å². The zero-order chi connectivity index (χ0) is 10.3. The number of nitriles is 1. The zero-order valence-corrected chi connectivity index (χ0v) is 8.26. The third-order valence-electron chi connectivity index (χ3n) is 2.26. The van der Waals surface area contributed by atoms with Crippen molar-refractivity contribution < 1.29 is 4.79 Å². The molecule has 0 heterocycles. The molecule has 0 unspecified atom stereocenters. The van der Waals surface area contributed by atoms with E-state index in [0.29, 0.717) is 19.4 Å². The van der Waals surface area contributed by atoms with Crippen LogP contribution in [0.2, 0.25) is 0 Å². The van der Waals surface area contributed by atoms with Gasteiger partial charge in [0.05, 0.1) is 6.07 Å². The van der Waals surface area contributed by atoms with Crippen LogP contribution in [0.15, 0.2) is 12.7 Å². The molecule has 1 amide bonds. The Balaban J connectivity index is 4.47. The van der Waals surface area contributed by atoms with Crippen LogP contribution in [0.1, 0.15) is 26.7 Å². The molecule has 0 aliphatic rings. The number of nitrogens with one attached hydrogen (secondary N) is 1. The number of rotatable bonds is 5. The fraction of sp³-hybridized carbons (Fsp3) is 0.600. The van der Waals surface area contributed by atoms with Gasteiger partial charge in [-0.15, -0.1) is 6.58 Å². The maximum Gasteiger partial charge on any atom is 0.240 e. The topological polar surface area (TPSA) is 52.9 Å². The van der Waals surface area contributed by atoms with E-state index in [9.17, 15) is 4.79 Å². The van der Waals surface area contributed by atoms with E-state index in [1.54, 1.807) is 6.08 Å². The van der Waals surface area contributed by atoms with Crippen molar-refractivity contribution in [1.82, 2.24) is 5.32 Å². The quantitative estimate of drug-likeness (QED) is 0.653. The number of carbonyl (C=O) groups excluding carboxylic acids is 1. The van der Waals surface area contributed by atoms with E-state index in [2.05, 4.69) is 18.0 Å². The van der Waals surface area contributed by atoms with E-state index >= 15 is 0 Å². The minimum atomic E-state index is -0.858. The molecule has 72 valence electrons. The Hall–Kier alpha value is -1.30. The molecule has 0 atom stereocenters. The van der Waals surface area contributed by atoms with Gasteiger partial charge in [0.15, 0.2) is 0 Å². The molecule has 0 rings (SSSR count). The second kappa shape index (κ2) is 5.36. The van der Waals surface area contributed by atoms with Crippen LogP contribution in [-0.2, 0) is 4.79 Å². The van der Waals surface area contributed by atoms with Crippen LogP contribution in [0, 0.1) is 16.7 Å². The lowest BCUT2D eigenvalue weighted by Gasteiger charge is -2.21. The Morgan fingerprint density at radius 2 is 2.15 bits per heavy atom. The second-order valence-corrected chi connectivity index (χ2v) is 2.90. The molecule has 0 saturated heterocycles. The van der Waals surface area contributed by atoms with Gasteiger partial charge in [-0.25, -0.2) is 0 Å². The van der Waals surface area contributed by atoms with Gasteiger partial charge in [-0.2, -0.15) is 5.26 Å². The lowest BCUT2D eigenvalue weighted by molar-refractivity contribution is -0.128. The van der Waals surface area contributed by atoms with E-state index in [0.717, 1.165) is 0 Å². The highest BCUT2D eigenvalue weighted by molar-refractivity contribution is 5.85. The van der Waals surface area contributed by atoms with Crippen LogP contribution in [-0.4, -0.2) is 12.5 Å². The van der Waals surface area contributed by atoms with E-state index in [1.807, 2.05) is 13.8 Å². The third-order valence-corrected chi connectivity index (χ3v) is 2.26. The Bertz CT molecular complexity index is 224. The first-order valence-corrected chi connectivity index (χ1v) is 4.47. The minimum absolute atomic E-state index is 0.195. The van der Waals surface area contributed by atoms with Gasteiger partial charge < -0.3 is 5.32 Å². The van der Waals surface area contributed by atoms with Gasteiger partial charge in [0.2, 0.25) is 5.91 Å². The van der Waals surface area contributed by atoms with Gasteiger partial charge >= 0.3 is 0 Å². The largest absolute Gasteiger partial charge is 0.351 e. The fourth-order valence-electron chi connectivity index (χ4n) is 1.11. The Kier molecular flexibility index (Phi) is 4.83. The normalized spacial score (nSPS) is 10.2. The standard InChI is InChI=1S/C10H16N2O/c1-4-7-12-9(13)10(5-2,6-3)8-11/h4H,1,5-7H2,2-3H3,(H,12,13). The van der Waals surface area contributed by atoms with E-state index in [1.165, 1.54) is 0 Å². The summed E-state index contributed by atoms with van der Waals surface area (Å²) in [6.45, 7) is 7.61. The molecule has 0 spiro atoms. The molecule has 0 bridgehead atoms. The first kappa shape index (κ1) is 11.7. The van der Waals surface area contributed by atoms with Gasteiger partial charge in [0.25, 0.3) is 0 Å². The molecule has 1 N–H and O–H groups in total. The van der Waals surface area contributed by atoms with E-state index in [4.69, 9.17) is 5.26 Å². The molecule has 0 aromatic carbocycles. The molecule has 0 saturated carbocycles. The average Bonchev–Trinajstić information content (AvgIpc) is 2.18. The number of amides is 1. The van der Waals surface area contributed by atoms with Crippen LogP contribution in [0.4, 0.5) is 0 Å². The van der Waals surface area contributed by atoms with Gasteiger partial charge in [0, 0.05) is 6.54 Å². The lowest BCUT2D eigenvalue weighted by Crippen LogP contribution is -2.39. The first-order valence-electron chi connectivity index (χ1n) is 4.47. The zero-order valence-electron chi connectivity index (χ0n) is 8.26. The molecule has 0 aromatic heterocycles. The lowest BCUT2D eigenvalue weighted by atomic mass is 9.83. The summed E-state index contributed by atoms with van der Waals surface area (Å²) in [7, 11) is 0. The molecular formula is C10H16N2O. The highest BCUT2D eigenvalue weighted by Crippen LogP contribution is 2.25. The second-order valence-electron chi connectivity index (χ2n) is 2.90. The van der Waals surface area contributed by atoms with E-state index < -0.39 is 5.41 Å². The van der Waals surface area contributed by atoms with Crippen molar-refractivity contribution in [2.75, 3.05) is 6.54 Å². The van der Waals surface area contributed by atoms with Crippen LogP contribution in [0.25, 0.3) is 0 Å². The maximum atomic E-state index is 11.5. The van der Waals surface area contributed by atoms with Gasteiger partial charge in [0.1, 0.15) is 5.41 Å². The minimum Gasteiger partial charge on any atom is -0.351 e.